The molecule has 0 saturated heterocycles. The highest BCUT2D eigenvalue weighted by molar-refractivity contribution is 5.70. The highest BCUT2D eigenvalue weighted by Gasteiger charge is 2.16. The predicted molar refractivity (Wildman–Crippen MR) is 197 cm³/mol. The average molecular weight is 659 g/mol. The molecule has 0 aliphatic heterocycles. The van der Waals surface area contributed by atoms with Crippen LogP contribution in [0.4, 0.5) is 0 Å². The largest absolute Gasteiger partial charge is 0.462 e. The third kappa shape index (κ3) is 34.7. The first kappa shape index (κ1) is 44.6. The minimum absolute atomic E-state index is 0.101. The summed E-state index contributed by atoms with van der Waals surface area (Å²) in [5.74, 6) is 0.147. The molecule has 270 valence electrons. The Balaban J connectivity index is 3.72. The van der Waals surface area contributed by atoms with Crippen molar-refractivity contribution in [3.8, 4) is 0 Å². The number of carbonyl (C=O) groups excluding carboxylic acids is 2. The zero-order valence-corrected chi connectivity index (χ0v) is 30.3. The van der Waals surface area contributed by atoms with Crippen molar-refractivity contribution in [1.29, 1.82) is 0 Å². The number of hydrogen-bond donors (Lipinski definition) is 2. The highest BCUT2D eigenvalue weighted by atomic mass is 16.6. The van der Waals surface area contributed by atoms with Gasteiger partial charge in [0.15, 0.2) is 6.10 Å². The second-order valence-corrected chi connectivity index (χ2v) is 13.0. The number of carbonyl (C=O) groups is 2. The maximum absolute atomic E-state index is 12.1. The summed E-state index contributed by atoms with van der Waals surface area (Å²) < 4.78 is 10.5. The fourth-order valence-corrected chi connectivity index (χ4v) is 4.97. The molecule has 0 fully saturated rings. The first-order valence-corrected chi connectivity index (χ1v) is 18.8. The van der Waals surface area contributed by atoms with E-state index in [4.69, 9.17) is 9.47 Å². The van der Waals surface area contributed by atoms with E-state index in [1.165, 1.54) is 64.2 Å². The highest BCUT2D eigenvalue weighted by Crippen LogP contribution is 2.14. The summed E-state index contributed by atoms with van der Waals surface area (Å²) in [5.41, 5.74) is 0. The lowest BCUT2D eigenvalue weighted by molar-refractivity contribution is -0.161. The van der Waals surface area contributed by atoms with Crippen molar-refractivity contribution in [2.45, 2.75) is 168 Å². The Morgan fingerprint density at radius 1 is 0.660 bits per heavy atom. The van der Waals surface area contributed by atoms with Crippen LogP contribution in [-0.2, 0) is 19.1 Å². The summed E-state index contributed by atoms with van der Waals surface area (Å²) in [6.07, 6.45) is 40.5. The lowest BCUT2D eigenvalue weighted by atomic mass is 10.0. The Hall–Kier alpha value is -2.44. The summed E-state index contributed by atoms with van der Waals surface area (Å²) in [5, 5.41) is 19.2. The number of allylic oxidation sites excluding steroid dienone is 8. The molecule has 6 nitrogen and oxygen atoms in total. The summed E-state index contributed by atoms with van der Waals surface area (Å²) in [7, 11) is 0. The lowest BCUT2D eigenvalue weighted by Gasteiger charge is -2.15. The molecule has 0 aliphatic carbocycles. The van der Waals surface area contributed by atoms with Crippen LogP contribution in [0.25, 0.3) is 0 Å². The summed E-state index contributed by atoms with van der Waals surface area (Å²) in [4.78, 5) is 24.2. The molecule has 0 aromatic rings. The Labute approximate surface area is 288 Å². The van der Waals surface area contributed by atoms with Crippen LogP contribution in [0.15, 0.2) is 60.8 Å². The van der Waals surface area contributed by atoms with Gasteiger partial charge in [-0.2, -0.15) is 0 Å². The van der Waals surface area contributed by atoms with Crippen molar-refractivity contribution in [3.63, 3.8) is 0 Å². The first-order valence-electron chi connectivity index (χ1n) is 18.8. The van der Waals surface area contributed by atoms with Gasteiger partial charge in [-0.05, 0) is 50.9 Å². The predicted octanol–water partition coefficient (Wildman–Crippen LogP) is 10.4. The van der Waals surface area contributed by atoms with Crippen LogP contribution >= 0.6 is 0 Å². The van der Waals surface area contributed by atoms with Crippen LogP contribution in [0.3, 0.4) is 0 Å². The Morgan fingerprint density at radius 3 is 1.83 bits per heavy atom. The van der Waals surface area contributed by atoms with Crippen LogP contribution in [0.2, 0.25) is 0 Å². The number of aliphatic hydroxyl groups is 2. The summed E-state index contributed by atoms with van der Waals surface area (Å²) in [6.45, 7) is 6.18. The van der Waals surface area contributed by atoms with Crippen LogP contribution in [0, 0.1) is 5.92 Å². The Bertz CT molecular complexity index is 869. The van der Waals surface area contributed by atoms with Gasteiger partial charge in [-0.15, -0.1) is 0 Å². The van der Waals surface area contributed by atoms with E-state index in [0.717, 1.165) is 50.9 Å². The number of ether oxygens (including phenoxy) is 2. The van der Waals surface area contributed by atoms with Gasteiger partial charge < -0.3 is 19.7 Å². The maximum Gasteiger partial charge on any atom is 0.306 e. The first-order chi connectivity index (χ1) is 22.9. The Kier molecular flexibility index (Phi) is 33.1. The van der Waals surface area contributed by atoms with Crippen molar-refractivity contribution in [1.82, 2.24) is 0 Å². The molecule has 0 heterocycles. The van der Waals surface area contributed by atoms with Crippen LogP contribution < -0.4 is 0 Å². The third-order valence-electron chi connectivity index (χ3n) is 7.83. The molecule has 0 radical (unpaired) electrons. The van der Waals surface area contributed by atoms with E-state index in [2.05, 4.69) is 44.2 Å². The molecule has 0 rings (SSSR count). The molecule has 2 atom stereocenters. The van der Waals surface area contributed by atoms with Gasteiger partial charge in [-0.3, -0.25) is 9.59 Å². The van der Waals surface area contributed by atoms with E-state index in [1.807, 2.05) is 37.3 Å². The van der Waals surface area contributed by atoms with Gasteiger partial charge in [-0.25, -0.2) is 0 Å². The van der Waals surface area contributed by atoms with Crippen molar-refractivity contribution in [2.75, 3.05) is 13.2 Å². The smallest absolute Gasteiger partial charge is 0.306 e. The minimum atomic E-state index is -0.814. The van der Waals surface area contributed by atoms with E-state index in [9.17, 15) is 19.8 Å². The number of rotatable bonds is 32. The molecule has 0 aromatic carbocycles. The number of aliphatic hydroxyl groups excluding tert-OH is 2. The average Bonchev–Trinajstić information content (AvgIpc) is 3.05. The zero-order chi connectivity index (χ0) is 34.6. The van der Waals surface area contributed by atoms with Crippen molar-refractivity contribution < 1.29 is 29.3 Å². The van der Waals surface area contributed by atoms with E-state index in [-0.39, 0.29) is 31.6 Å². The standard InChI is InChI=1S/C41H70O6/c1-4-5-31-38(43)32-27-23-19-15-11-7-9-13-17-21-25-29-34-41(45)47-39(35-42)36-46-40(44)33-28-24-20-16-12-8-6-10-14-18-22-26-30-37(2)3/h5,7,9,15,17,19,21,23,27,31,37-39,42-43H,4,6,8,10-14,16,18,20,22,24-26,28-30,32-36H2,1-3H3/b9-7-,19-15-,21-17-,27-23+,31-5-/t38?,39-/m0/s1. The van der Waals surface area contributed by atoms with Gasteiger partial charge in [-0.1, -0.05) is 159 Å². The second-order valence-electron chi connectivity index (χ2n) is 13.0. The van der Waals surface area contributed by atoms with E-state index >= 15 is 0 Å². The lowest BCUT2D eigenvalue weighted by Crippen LogP contribution is -2.28. The quantitative estimate of drug-likeness (QED) is 0.0323. The topological polar surface area (TPSA) is 93.1 Å². The van der Waals surface area contributed by atoms with Gasteiger partial charge in [0.1, 0.15) is 6.61 Å². The SMILES string of the molecule is CC/C=C\C(O)C/C=C/C=C\C/C=C\C/C=C\CCCC(=O)O[C@@H](CO)COC(=O)CCCCCCCCCCCCCCC(C)C. The van der Waals surface area contributed by atoms with Gasteiger partial charge in [0.05, 0.1) is 12.7 Å². The molecule has 0 spiro atoms. The molecule has 0 amide bonds. The van der Waals surface area contributed by atoms with Gasteiger partial charge >= 0.3 is 11.9 Å². The molecule has 0 aromatic heterocycles. The van der Waals surface area contributed by atoms with Gasteiger partial charge in [0.25, 0.3) is 0 Å². The van der Waals surface area contributed by atoms with Crippen LogP contribution in [-0.4, -0.2) is 47.6 Å². The molecule has 0 aliphatic rings. The molecule has 2 N–H and O–H groups in total. The van der Waals surface area contributed by atoms with Crippen molar-refractivity contribution in [3.05, 3.63) is 60.8 Å². The third-order valence-corrected chi connectivity index (χ3v) is 7.83. The fraction of sp³-hybridized carbons (Fsp3) is 0.707. The van der Waals surface area contributed by atoms with E-state index in [1.54, 1.807) is 0 Å². The van der Waals surface area contributed by atoms with Gasteiger partial charge in [0, 0.05) is 12.8 Å². The molecular weight excluding hydrogens is 588 g/mol. The minimum Gasteiger partial charge on any atom is -0.462 e. The molecule has 0 saturated carbocycles. The van der Waals surface area contributed by atoms with E-state index < -0.39 is 12.2 Å². The molecule has 1 unspecified atom stereocenters. The molecule has 0 bridgehead atoms. The number of hydrogen-bond acceptors (Lipinski definition) is 6. The number of esters is 2. The summed E-state index contributed by atoms with van der Waals surface area (Å²) >= 11 is 0. The molecule has 6 heteroatoms. The second kappa shape index (κ2) is 34.9. The Morgan fingerprint density at radius 2 is 1.21 bits per heavy atom. The van der Waals surface area contributed by atoms with Gasteiger partial charge in [0.2, 0.25) is 0 Å². The van der Waals surface area contributed by atoms with Crippen LogP contribution in [0.1, 0.15) is 156 Å². The normalized spacial score (nSPS) is 13.7. The molecular formula is C41H70O6. The van der Waals surface area contributed by atoms with Crippen molar-refractivity contribution in [2.24, 2.45) is 5.92 Å². The summed E-state index contributed by atoms with van der Waals surface area (Å²) in [6, 6.07) is 0. The maximum atomic E-state index is 12.1. The van der Waals surface area contributed by atoms with Crippen LogP contribution in [0.5, 0.6) is 0 Å². The van der Waals surface area contributed by atoms with E-state index in [0.29, 0.717) is 19.3 Å². The van der Waals surface area contributed by atoms with Crippen molar-refractivity contribution >= 4 is 11.9 Å². The monoisotopic (exact) mass is 659 g/mol. The number of unbranched alkanes of at least 4 members (excludes halogenated alkanes) is 12. The fourth-order valence-electron chi connectivity index (χ4n) is 4.97. The molecule has 47 heavy (non-hydrogen) atoms. The zero-order valence-electron chi connectivity index (χ0n) is 30.3.